The summed E-state index contributed by atoms with van der Waals surface area (Å²) in [6, 6.07) is 12.1. The van der Waals surface area contributed by atoms with Gasteiger partial charge in [-0.15, -0.1) is 0 Å². The smallest absolute Gasteiger partial charge is 0.289 e. The van der Waals surface area contributed by atoms with Gasteiger partial charge in [0.25, 0.3) is 5.91 Å². The molecule has 1 saturated heterocycles. The van der Waals surface area contributed by atoms with Crippen molar-refractivity contribution in [1.29, 1.82) is 0 Å². The van der Waals surface area contributed by atoms with Gasteiger partial charge in [0.05, 0.1) is 25.0 Å². The molecule has 4 rings (SSSR count). The van der Waals surface area contributed by atoms with Crippen LogP contribution in [0.25, 0.3) is 0 Å². The number of hydrogen-bond donors (Lipinski definition) is 2. The number of aliphatic hydroxyl groups excluding tert-OH is 1. The molecular weight excluding hydrogens is 382 g/mol. The van der Waals surface area contributed by atoms with Crippen molar-refractivity contribution < 1.29 is 19.2 Å². The molecule has 2 N–H and O–H groups in total. The number of nitrogens with one attached hydrogen (secondary N) is 1. The number of morpholine rings is 1. The molecule has 1 aromatic carbocycles. The number of amides is 1. The normalized spacial score (nSPS) is 28.1. The van der Waals surface area contributed by atoms with Crippen LogP contribution in [0.15, 0.2) is 40.9 Å². The number of hydrogen-bond acceptors (Lipinski definition) is 6. The van der Waals surface area contributed by atoms with E-state index >= 15 is 0 Å². The molecule has 7 nitrogen and oxygen atoms in total. The lowest BCUT2D eigenvalue weighted by molar-refractivity contribution is -0.0236. The summed E-state index contributed by atoms with van der Waals surface area (Å²) in [4.78, 5) is 15.0. The molecule has 30 heavy (non-hydrogen) atoms. The molecule has 0 spiro atoms. The van der Waals surface area contributed by atoms with Crippen molar-refractivity contribution in [1.82, 2.24) is 15.4 Å². The van der Waals surface area contributed by atoms with Gasteiger partial charge in [-0.25, -0.2) is 0 Å². The van der Waals surface area contributed by atoms with E-state index in [0.29, 0.717) is 18.7 Å². The lowest BCUT2D eigenvalue weighted by Gasteiger charge is -2.37. The van der Waals surface area contributed by atoms with Gasteiger partial charge >= 0.3 is 0 Å². The van der Waals surface area contributed by atoms with E-state index in [1.54, 1.807) is 13.0 Å². The third kappa shape index (κ3) is 4.58. The van der Waals surface area contributed by atoms with Crippen molar-refractivity contribution in [2.75, 3.05) is 32.8 Å². The van der Waals surface area contributed by atoms with Crippen molar-refractivity contribution in [3.05, 3.63) is 53.4 Å². The molecule has 0 radical (unpaired) electrons. The summed E-state index contributed by atoms with van der Waals surface area (Å²) in [7, 11) is 0. The number of aryl methyl sites for hydroxylation is 1. The van der Waals surface area contributed by atoms with Crippen LogP contribution in [0, 0.1) is 6.92 Å². The van der Waals surface area contributed by atoms with E-state index < -0.39 is 0 Å². The minimum Gasteiger partial charge on any atom is -0.391 e. The van der Waals surface area contributed by atoms with E-state index in [4.69, 9.17) is 9.26 Å². The molecule has 1 saturated carbocycles. The molecule has 162 valence electrons. The van der Waals surface area contributed by atoms with Crippen LogP contribution in [0.3, 0.4) is 0 Å². The fraction of sp³-hybridized carbons (Fsp3) is 0.565. The van der Waals surface area contributed by atoms with Crippen molar-refractivity contribution in [3.8, 4) is 0 Å². The van der Waals surface area contributed by atoms with Gasteiger partial charge in [-0.2, -0.15) is 0 Å². The van der Waals surface area contributed by atoms with Gasteiger partial charge in [-0.3, -0.25) is 9.69 Å². The largest absolute Gasteiger partial charge is 0.391 e. The zero-order chi connectivity index (χ0) is 21.0. The van der Waals surface area contributed by atoms with Crippen molar-refractivity contribution >= 4 is 5.91 Å². The number of aliphatic hydroxyl groups is 1. The first-order chi connectivity index (χ1) is 14.6. The zero-order valence-corrected chi connectivity index (χ0v) is 17.5. The van der Waals surface area contributed by atoms with Crippen molar-refractivity contribution in [2.24, 2.45) is 0 Å². The zero-order valence-electron chi connectivity index (χ0n) is 17.5. The quantitative estimate of drug-likeness (QED) is 0.732. The Bertz CT molecular complexity index is 834. The molecular formula is C23H31N3O4. The second kappa shape index (κ2) is 9.29. The Morgan fingerprint density at radius 1 is 1.23 bits per heavy atom. The number of benzene rings is 1. The summed E-state index contributed by atoms with van der Waals surface area (Å²) >= 11 is 0. The Labute approximate surface area is 177 Å². The van der Waals surface area contributed by atoms with Crippen molar-refractivity contribution in [2.45, 2.75) is 50.2 Å². The Morgan fingerprint density at radius 3 is 2.67 bits per heavy atom. The predicted octanol–water partition coefficient (Wildman–Crippen LogP) is 2.29. The third-order valence-electron chi connectivity index (χ3n) is 6.62. The van der Waals surface area contributed by atoms with Crippen molar-refractivity contribution in [3.63, 3.8) is 0 Å². The second-order valence-electron chi connectivity index (χ2n) is 8.52. The minimum atomic E-state index is -0.374. The van der Waals surface area contributed by atoms with Gasteiger partial charge in [0.2, 0.25) is 5.76 Å². The van der Waals surface area contributed by atoms with Gasteiger partial charge in [-0.1, -0.05) is 35.5 Å². The minimum absolute atomic E-state index is 0.132. The second-order valence-corrected chi connectivity index (χ2v) is 8.52. The first-order valence-electron chi connectivity index (χ1n) is 10.8. The van der Waals surface area contributed by atoms with E-state index in [2.05, 4.69) is 27.5 Å². The Kier molecular flexibility index (Phi) is 6.51. The Morgan fingerprint density at radius 2 is 1.97 bits per heavy atom. The molecule has 2 aliphatic rings. The average Bonchev–Trinajstić information content (AvgIpc) is 3.15. The first kappa shape index (κ1) is 21.0. The molecule has 2 fully saturated rings. The van der Waals surface area contributed by atoms with Crippen LogP contribution < -0.4 is 5.32 Å². The van der Waals surface area contributed by atoms with Crippen LogP contribution in [0.1, 0.15) is 47.5 Å². The van der Waals surface area contributed by atoms with Crippen LogP contribution in [-0.2, 0) is 10.2 Å². The molecule has 0 bridgehead atoms. The summed E-state index contributed by atoms with van der Waals surface area (Å²) in [6.07, 6.45) is 2.92. The van der Waals surface area contributed by atoms with Gasteiger partial charge in [0.1, 0.15) is 0 Å². The highest BCUT2D eigenvalue weighted by Crippen LogP contribution is 2.39. The summed E-state index contributed by atoms with van der Waals surface area (Å²) in [5.74, 6) is -0.0176. The molecule has 2 heterocycles. The monoisotopic (exact) mass is 413 g/mol. The van der Waals surface area contributed by atoms with E-state index in [1.807, 2.05) is 18.2 Å². The van der Waals surface area contributed by atoms with Crippen LogP contribution in [0.2, 0.25) is 0 Å². The van der Waals surface area contributed by atoms with Crippen LogP contribution in [0.5, 0.6) is 0 Å². The molecule has 2 aromatic rings. The third-order valence-corrected chi connectivity index (χ3v) is 6.62. The molecule has 0 unspecified atom stereocenters. The van der Waals surface area contributed by atoms with Gasteiger partial charge in [0.15, 0.2) is 0 Å². The van der Waals surface area contributed by atoms with Gasteiger partial charge in [0, 0.05) is 37.2 Å². The van der Waals surface area contributed by atoms with E-state index in [0.717, 1.165) is 45.6 Å². The number of rotatable bonds is 5. The van der Waals surface area contributed by atoms with Crippen LogP contribution >= 0.6 is 0 Å². The molecule has 7 heteroatoms. The summed E-state index contributed by atoms with van der Waals surface area (Å²) < 4.78 is 10.6. The van der Waals surface area contributed by atoms with Gasteiger partial charge in [-0.05, 0) is 38.2 Å². The lowest BCUT2D eigenvalue weighted by Crippen LogP contribution is -2.48. The lowest BCUT2D eigenvalue weighted by atomic mass is 9.74. The molecule has 1 amide bonds. The summed E-state index contributed by atoms with van der Waals surface area (Å²) in [5.41, 5.74) is 1.66. The van der Waals surface area contributed by atoms with E-state index in [-0.39, 0.29) is 29.2 Å². The number of carbonyl (C=O) groups is 1. The maximum absolute atomic E-state index is 12.6. The maximum Gasteiger partial charge on any atom is 0.289 e. The number of carbonyl (C=O) groups excluding carboxylic acids is 1. The predicted molar refractivity (Wildman–Crippen MR) is 112 cm³/mol. The summed E-state index contributed by atoms with van der Waals surface area (Å²) in [5, 5.41) is 17.8. The highest BCUT2D eigenvalue weighted by molar-refractivity contribution is 5.91. The molecule has 1 aliphatic carbocycles. The maximum atomic E-state index is 12.6. The fourth-order valence-electron chi connectivity index (χ4n) is 4.86. The van der Waals surface area contributed by atoms with Gasteiger partial charge < -0.3 is 19.7 Å². The van der Waals surface area contributed by atoms with Crippen LogP contribution in [-0.4, -0.2) is 66.1 Å². The molecule has 1 aliphatic heterocycles. The number of ether oxygens (including phenoxy) is 1. The van der Waals surface area contributed by atoms with Crippen LogP contribution in [0.4, 0.5) is 0 Å². The fourth-order valence-corrected chi connectivity index (χ4v) is 4.86. The summed E-state index contributed by atoms with van der Waals surface area (Å²) in [6.45, 7) is 5.46. The number of nitrogens with zero attached hydrogens (tertiary/aromatic N) is 2. The van der Waals surface area contributed by atoms with E-state index in [9.17, 15) is 9.90 Å². The average molecular weight is 414 g/mol. The molecule has 3 atom stereocenters. The highest BCUT2D eigenvalue weighted by atomic mass is 16.5. The topological polar surface area (TPSA) is 87.8 Å². The van der Waals surface area contributed by atoms with E-state index in [1.165, 1.54) is 5.56 Å². The molecule has 1 aromatic heterocycles. The highest BCUT2D eigenvalue weighted by Gasteiger charge is 2.40. The SMILES string of the molecule is Cc1cc(C(=O)NC[C@]2(c3ccccc3)CC[C@@H](O)[C@H](N3CCOCC3)CC2)on1. The number of aromatic nitrogens is 1. The Hall–Kier alpha value is -2.22. The first-order valence-corrected chi connectivity index (χ1v) is 10.8. The standard InChI is InChI=1S/C23H31N3O4/c1-17-15-21(30-25-17)22(28)24-16-23(18-5-3-2-4-6-18)9-7-19(20(27)8-10-23)26-11-13-29-14-12-26/h2-6,15,19-20,27H,7-14,16H2,1H3,(H,24,28)/t19-,20-,23-/m1/s1. The Balaban J connectivity index is 1.53.